The molecular formula is C13H13FN4O2. The lowest BCUT2D eigenvalue weighted by molar-refractivity contribution is -0.116. The summed E-state index contributed by atoms with van der Waals surface area (Å²) in [4.78, 5) is 27.0. The van der Waals surface area contributed by atoms with Crippen molar-refractivity contribution in [1.82, 2.24) is 9.55 Å². The maximum atomic E-state index is 12.9. The third kappa shape index (κ3) is 3.41. The molecular weight excluding hydrogens is 263 g/mol. The Labute approximate surface area is 114 Å². The molecule has 1 aromatic heterocycles. The summed E-state index contributed by atoms with van der Waals surface area (Å²) in [6, 6.07) is 5.04. The highest BCUT2D eigenvalue weighted by Gasteiger charge is 2.07. The van der Waals surface area contributed by atoms with Crippen molar-refractivity contribution < 1.29 is 9.18 Å². The summed E-state index contributed by atoms with van der Waals surface area (Å²) in [5.74, 6) is -0.790. The number of nitrogens with two attached hydrogens (primary N) is 1. The Bertz CT molecular complexity index is 684. The van der Waals surface area contributed by atoms with Gasteiger partial charge in [0.25, 0.3) is 5.56 Å². The molecule has 0 radical (unpaired) electrons. The molecule has 0 aliphatic carbocycles. The van der Waals surface area contributed by atoms with Crippen molar-refractivity contribution in [3.63, 3.8) is 0 Å². The van der Waals surface area contributed by atoms with Crippen LogP contribution in [0.3, 0.4) is 0 Å². The van der Waals surface area contributed by atoms with Gasteiger partial charge in [0, 0.05) is 25.2 Å². The minimum atomic E-state index is -0.470. The molecule has 0 aliphatic heterocycles. The van der Waals surface area contributed by atoms with Gasteiger partial charge in [-0.05, 0) is 18.2 Å². The van der Waals surface area contributed by atoms with Crippen LogP contribution in [0.4, 0.5) is 15.8 Å². The Morgan fingerprint density at radius 3 is 2.90 bits per heavy atom. The average molecular weight is 276 g/mol. The second-order valence-electron chi connectivity index (χ2n) is 4.14. The molecule has 1 aromatic carbocycles. The van der Waals surface area contributed by atoms with Gasteiger partial charge in [0.2, 0.25) is 5.91 Å². The number of halogens is 1. The molecule has 6 nitrogen and oxygen atoms in total. The van der Waals surface area contributed by atoms with E-state index in [0.717, 1.165) is 6.07 Å². The molecule has 2 rings (SSSR count). The Balaban J connectivity index is 1.96. The highest BCUT2D eigenvalue weighted by atomic mass is 19.1. The van der Waals surface area contributed by atoms with Crippen molar-refractivity contribution in [2.24, 2.45) is 0 Å². The minimum absolute atomic E-state index is 0.0857. The molecule has 0 unspecified atom stereocenters. The predicted octanol–water partition coefficient (Wildman–Crippen LogP) is 0.993. The van der Waals surface area contributed by atoms with E-state index in [-0.39, 0.29) is 30.1 Å². The summed E-state index contributed by atoms with van der Waals surface area (Å²) in [6.45, 7) is 0.208. The van der Waals surface area contributed by atoms with Crippen LogP contribution < -0.4 is 16.6 Å². The fourth-order valence-corrected chi connectivity index (χ4v) is 1.63. The molecule has 0 bridgehead atoms. The number of nitrogen functional groups attached to an aromatic ring is 1. The predicted molar refractivity (Wildman–Crippen MR) is 72.6 cm³/mol. The highest BCUT2D eigenvalue weighted by molar-refractivity contribution is 5.93. The summed E-state index contributed by atoms with van der Waals surface area (Å²) in [7, 11) is 0. The maximum Gasteiger partial charge on any atom is 0.253 e. The number of hydrogen-bond donors (Lipinski definition) is 2. The number of carbonyl (C=O) groups is 1. The fraction of sp³-hybridized carbons (Fsp3) is 0.154. The van der Waals surface area contributed by atoms with Crippen LogP contribution in [0.25, 0.3) is 0 Å². The SMILES string of the molecule is Nc1cc(F)ccc1NC(=O)CCn1cnccc1=O. The summed E-state index contributed by atoms with van der Waals surface area (Å²) >= 11 is 0. The first-order valence-corrected chi connectivity index (χ1v) is 5.91. The lowest BCUT2D eigenvalue weighted by Crippen LogP contribution is -2.22. The van der Waals surface area contributed by atoms with Gasteiger partial charge in [0.15, 0.2) is 0 Å². The van der Waals surface area contributed by atoms with Gasteiger partial charge in [-0.2, -0.15) is 0 Å². The lowest BCUT2D eigenvalue weighted by Gasteiger charge is -2.08. The third-order valence-electron chi connectivity index (χ3n) is 2.66. The van der Waals surface area contributed by atoms with Crippen LogP contribution in [-0.2, 0) is 11.3 Å². The molecule has 20 heavy (non-hydrogen) atoms. The standard InChI is InChI=1S/C13H13FN4O2/c14-9-1-2-11(10(15)7-9)17-12(19)4-6-18-8-16-5-3-13(18)20/h1-3,5,7-8H,4,6,15H2,(H,17,19). The molecule has 1 heterocycles. The van der Waals surface area contributed by atoms with Gasteiger partial charge >= 0.3 is 0 Å². The van der Waals surface area contributed by atoms with E-state index in [9.17, 15) is 14.0 Å². The first-order chi connectivity index (χ1) is 9.56. The third-order valence-corrected chi connectivity index (χ3v) is 2.66. The Morgan fingerprint density at radius 1 is 1.40 bits per heavy atom. The molecule has 3 N–H and O–H groups in total. The number of carbonyl (C=O) groups excluding carboxylic acids is 1. The number of aromatic nitrogens is 2. The lowest BCUT2D eigenvalue weighted by atomic mass is 10.2. The highest BCUT2D eigenvalue weighted by Crippen LogP contribution is 2.19. The zero-order chi connectivity index (χ0) is 14.5. The monoisotopic (exact) mass is 276 g/mol. The maximum absolute atomic E-state index is 12.9. The number of nitrogens with zero attached hydrogens (tertiary/aromatic N) is 2. The summed E-state index contributed by atoms with van der Waals surface area (Å²) < 4.78 is 14.2. The van der Waals surface area contributed by atoms with Crippen LogP contribution in [0.2, 0.25) is 0 Å². The van der Waals surface area contributed by atoms with Gasteiger partial charge in [0.05, 0.1) is 17.7 Å². The van der Waals surface area contributed by atoms with E-state index in [1.165, 1.54) is 35.3 Å². The average Bonchev–Trinajstić information content (AvgIpc) is 2.41. The van der Waals surface area contributed by atoms with Crippen LogP contribution in [-0.4, -0.2) is 15.5 Å². The molecule has 0 fully saturated rings. The zero-order valence-electron chi connectivity index (χ0n) is 10.5. The van der Waals surface area contributed by atoms with Crippen LogP contribution in [0.15, 0.2) is 41.6 Å². The van der Waals surface area contributed by atoms with Gasteiger partial charge in [-0.15, -0.1) is 0 Å². The van der Waals surface area contributed by atoms with Crippen LogP contribution >= 0.6 is 0 Å². The molecule has 0 spiro atoms. The fourth-order valence-electron chi connectivity index (χ4n) is 1.63. The van der Waals surface area contributed by atoms with E-state index < -0.39 is 5.82 Å². The normalized spacial score (nSPS) is 10.2. The molecule has 0 aliphatic rings. The molecule has 2 aromatic rings. The first-order valence-electron chi connectivity index (χ1n) is 5.91. The first kappa shape index (κ1) is 13.7. The number of nitrogens with one attached hydrogen (secondary N) is 1. The topological polar surface area (TPSA) is 90.0 Å². The van der Waals surface area contributed by atoms with Crippen molar-refractivity contribution in [2.75, 3.05) is 11.1 Å². The quantitative estimate of drug-likeness (QED) is 0.815. The number of aryl methyl sites for hydroxylation is 1. The van der Waals surface area contributed by atoms with Crippen molar-refractivity contribution in [1.29, 1.82) is 0 Å². The number of benzene rings is 1. The Kier molecular flexibility index (Phi) is 4.09. The second-order valence-corrected chi connectivity index (χ2v) is 4.14. The van der Waals surface area contributed by atoms with Crippen LogP contribution in [0, 0.1) is 5.82 Å². The van der Waals surface area contributed by atoms with Gasteiger partial charge in [-0.1, -0.05) is 0 Å². The van der Waals surface area contributed by atoms with E-state index in [1.54, 1.807) is 0 Å². The largest absolute Gasteiger partial charge is 0.397 e. The van der Waals surface area contributed by atoms with Gasteiger partial charge in [-0.25, -0.2) is 9.37 Å². The van der Waals surface area contributed by atoms with Crippen molar-refractivity contribution in [3.05, 3.63) is 53.0 Å². The molecule has 0 saturated heterocycles. The van der Waals surface area contributed by atoms with E-state index in [1.807, 2.05) is 0 Å². The minimum Gasteiger partial charge on any atom is -0.397 e. The zero-order valence-corrected chi connectivity index (χ0v) is 10.5. The van der Waals surface area contributed by atoms with E-state index in [4.69, 9.17) is 5.73 Å². The van der Waals surface area contributed by atoms with E-state index >= 15 is 0 Å². The molecule has 7 heteroatoms. The molecule has 1 amide bonds. The van der Waals surface area contributed by atoms with Gasteiger partial charge < -0.3 is 11.1 Å². The number of anilines is 2. The van der Waals surface area contributed by atoms with Crippen molar-refractivity contribution in [2.45, 2.75) is 13.0 Å². The van der Waals surface area contributed by atoms with Crippen molar-refractivity contribution >= 4 is 17.3 Å². The molecule has 0 atom stereocenters. The molecule has 0 saturated carbocycles. The Hall–Kier alpha value is -2.70. The number of hydrogen-bond acceptors (Lipinski definition) is 4. The van der Waals surface area contributed by atoms with E-state index in [0.29, 0.717) is 5.69 Å². The number of rotatable bonds is 4. The summed E-state index contributed by atoms with van der Waals surface area (Å²) in [5, 5.41) is 2.56. The van der Waals surface area contributed by atoms with Crippen LogP contribution in [0.1, 0.15) is 6.42 Å². The van der Waals surface area contributed by atoms with Crippen LogP contribution in [0.5, 0.6) is 0 Å². The molecule has 104 valence electrons. The second kappa shape index (κ2) is 5.96. The smallest absolute Gasteiger partial charge is 0.253 e. The Morgan fingerprint density at radius 2 is 2.20 bits per heavy atom. The number of amides is 1. The summed E-state index contributed by atoms with van der Waals surface area (Å²) in [6.07, 6.45) is 2.84. The van der Waals surface area contributed by atoms with Gasteiger partial charge in [0.1, 0.15) is 5.82 Å². The van der Waals surface area contributed by atoms with Crippen molar-refractivity contribution in [3.8, 4) is 0 Å². The summed E-state index contributed by atoms with van der Waals surface area (Å²) in [5.41, 5.74) is 5.85. The van der Waals surface area contributed by atoms with Gasteiger partial charge in [-0.3, -0.25) is 14.2 Å². The van der Waals surface area contributed by atoms with E-state index in [2.05, 4.69) is 10.3 Å².